The fraction of sp³-hybridized carbons (Fsp3) is 1.00. The molecule has 2 aliphatic rings. The zero-order valence-electron chi connectivity index (χ0n) is 8.01. The Bertz CT molecular complexity index is 181. The second kappa shape index (κ2) is 2.71. The molecule has 12 heavy (non-hydrogen) atoms. The van der Waals surface area contributed by atoms with Gasteiger partial charge < -0.3 is 10.4 Å². The molecule has 1 aliphatic heterocycles. The fourth-order valence-electron chi connectivity index (χ4n) is 3.26. The van der Waals surface area contributed by atoms with Gasteiger partial charge in [-0.2, -0.15) is 0 Å². The molecule has 0 radical (unpaired) electrons. The second-order valence-corrected chi connectivity index (χ2v) is 4.62. The zero-order valence-corrected chi connectivity index (χ0v) is 8.01. The summed E-state index contributed by atoms with van der Waals surface area (Å²) in [7, 11) is 0. The summed E-state index contributed by atoms with van der Waals surface area (Å²) in [5, 5.41) is 13.2. The van der Waals surface area contributed by atoms with Crippen molar-refractivity contribution in [3.63, 3.8) is 0 Å². The highest BCUT2D eigenvalue weighted by molar-refractivity contribution is 5.06. The third-order valence-corrected chi connectivity index (χ3v) is 4.03. The molecule has 0 bridgehead atoms. The average molecular weight is 169 g/mol. The van der Waals surface area contributed by atoms with Crippen LogP contribution in [0.1, 0.15) is 33.1 Å². The summed E-state index contributed by atoms with van der Waals surface area (Å²) < 4.78 is 0. The molecular weight excluding hydrogens is 150 g/mol. The van der Waals surface area contributed by atoms with E-state index in [0.717, 1.165) is 12.5 Å². The number of aliphatic hydroxyl groups excluding tert-OH is 1. The van der Waals surface area contributed by atoms with Gasteiger partial charge in [-0.05, 0) is 45.6 Å². The van der Waals surface area contributed by atoms with E-state index >= 15 is 0 Å². The average Bonchev–Trinajstić information content (AvgIpc) is 2.42. The number of hydrogen-bond donors (Lipinski definition) is 2. The van der Waals surface area contributed by atoms with Crippen molar-refractivity contribution in [3.05, 3.63) is 0 Å². The van der Waals surface area contributed by atoms with E-state index < -0.39 is 0 Å². The first kappa shape index (κ1) is 8.52. The van der Waals surface area contributed by atoms with Crippen LogP contribution in [0.4, 0.5) is 0 Å². The second-order valence-electron chi connectivity index (χ2n) is 4.62. The van der Waals surface area contributed by atoms with Gasteiger partial charge in [0.2, 0.25) is 0 Å². The van der Waals surface area contributed by atoms with E-state index in [0.29, 0.717) is 5.92 Å². The molecule has 2 N–H and O–H groups in total. The van der Waals surface area contributed by atoms with E-state index in [9.17, 15) is 5.11 Å². The Hall–Kier alpha value is -0.0800. The molecule has 1 aliphatic carbocycles. The first-order valence-electron chi connectivity index (χ1n) is 5.07. The van der Waals surface area contributed by atoms with E-state index in [4.69, 9.17) is 0 Å². The van der Waals surface area contributed by atoms with E-state index in [-0.39, 0.29) is 11.6 Å². The Balaban J connectivity index is 2.18. The highest BCUT2D eigenvalue weighted by atomic mass is 16.3. The van der Waals surface area contributed by atoms with Gasteiger partial charge in [0.25, 0.3) is 0 Å². The SMILES string of the molecule is CC(O)C1CCC2CCNC21C. The van der Waals surface area contributed by atoms with Crippen molar-refractivity contribution >= 4 is 0 Å². The summed E-state index contributed by atoms with van der Waals surface area (Å²) in [6.45, 7) is 5.36. The van der Waals surface area contributed by atoms with E-state index in [1.54, 1.807) is 0 Å². The van der Waals surface area contributed by atoms with Gasteiger partial charge in [-0.15, -0.1) is 0 Å². The van der Waals surface area contributed by atoms with Crippen LogP contribution in [0.15, 0.2) is 0 Å². The van der Waals surface area contributed by atoms with Crippen molar-refractivity contribution in [2.45, 2.75) is 44.8 Å². The van der Waals surface area contributed by atoms with Gasteiger partial charge in [0.15, 0.2) is 0 Å². The van der Waals surface area contributed by atoms with Crippen LogP contribution in [0, 0.1) is 11.8 Å². The quantitative estimate of drug-likeness (QED) is 0.617. The van der Waals surface area contributed by atoms with Crippen LogP contribution in [0.3, 0.4) is 0 Å². The maximum atomic E-state index is 9.62. The molecule has 0 aromatic carbocycles. The van der Waals surface area contributed by atoms with Gasteiger partial charge in [0.05, 0.1) is 6.10 Å². The van der Waals surface area contributed by atoms with E-state index in [1.807, 2.05) is 6.92 Å². The fourth-order valence-corrected chi connectivity index (χ4v) is 3.26. The van der Waals surface area contributed by atoms with Crippen LogP contribution in [-0.4, -0.2) is 23.3 Å². The monoisotopic (exact) mass is 169 g/mol. The van der Waals surface area contributed by atoms with E-state index in [1.165, 1.54) is 19.3 Å². The van der Waals surface area contributed by atoms with Crippen molar-refractivity contribution in [2.24, 2.45) is 11.8 Å². The molecule has 0 spiro atoms. The maximum absolute atomic E-state index is 9.62. The Morgan fingerprint density at radius 3 is 2.83 bits per heavy atom. The topological polar surface area (TPSA) is 32.3 Å². The summed E-state index contributed by atoms with van der Waals surface area (Å²) in [6, 6.07) is 0. The van der Waals surface area contributed by atoms with Crippen LogP contribution in [-0.2, 0) is 0 Å². The molecule has 2 rings (SSSR count). The maximum Gasteiger partial charge on any atom is 0.0557 e. The standard InChI is InChI=1S/C10H19NO/c1-7(12)9-4-3-8-5-6-11-10(8,9)2/h7-9,11-12H,3-6H2,1-2H3. The van der Waals surface area contributed by atoms with Crippen LogP contribution >= 0.6 is 0 Å². The van der Waals surface area contributed by atoms with Crippen molar-refractivity contribution in [2.75, 3.05) is 6.54 Å². The summed E-state index contributed by atoms with van der Waals surface area (Å²) in [5.41, 5.74) is 0.244. The van der Waals surface area contributed by atoms with Crippen molar-refractivity contribution in [3.8, 4) is 0 Å². The first-order valence-corrected chi connectivity index (χ1v) is 5.07. The zero-order chi connectivity index (χ0) is 8.77. The predicted octanol–water partition coefficient (Wildman–Crippen LogP) is 1.15. The van der Waals surface area contributed by atoms with Crippen LogP contribution in [0.2, 0.25) is 0 Å². The number of rotatable bonds is 1. The third kappa shape index (κ3) is 1.01. The van der Waals surface area contributed by atoms with Crippen LogP contribution in [0.25, 0.3) is 0 Å². The molecule has 2 heteroatoms. The largest absolute Gasteiger partial charge is 0.393 e. The lowest BCUT2D eigenvalue weighted by Gasteiger charge is -2.33. The Morgan fingerprint density at radius 2 is 2.17 bits per heavy atom. The van der Waals surface area contributed by atoms with Gasteiger partial charge in [-0.1, -0.05) is 0 Å². The third-order valence-electron chi connectivity index (χ3n) is 4.03. The molecule has 1 heterocycles. The molecule has 4 atom stereocenters. The highest BCUT2D eigenvalue weighted by Crippen LogP contribution is 2.46. The number of fused-ring (bicyclic) bond motifs is 1. The molecule has 4 unspecified atom stereocenters. The lowest BCUT2D eigenvalue weighted by Crippen LogP contribution is -2.48. The molecule has 2 nitrogen and oxygen atoms in total. The van der Waals surface area contributed by atoms with Crippen molar-refractivity contribution in [1.29, 1.82) is 0 Å². The molecule has 1 saturated carbocycles. The molecule has 0 aromatic rings. The summed E-state index contributed by atoms with van der Waals surface area (Å²) in [5.74, 6) is 1.29. The molecule has 2 fully saturated rings. The Labute approximate surface area is 74.4 Å². The summed E-state index contributed by atoms with van der Waals surface area (Å²) in [6.07, 6.45) is 3.66. The lowest BCUT2D eigenvalue weighted by atomic mass is 9.81. The van der Waals surface area contributed by atoms with Gasteiger partial charge in [0.1, 0.15) is 0 Å². The molecular formula is C10H19NO. The van der Waals surface area contributed by atoms with Gasteiger partial charge in [0, 0.05) is 11.5 Å². The van der Waals surface area contributed by atoms with Crippen LogP contribution in [0.5, 0.6) is 0 Å². The minimum absolute atomic E-state index is 0.148. The van der Waals surface area contributed by atoms with E-state index in [2.05, 4.69) is 12.2 Å². The summed E-state index contributed by atoms with van der Waals surface area (Å²) >= 11 is 0. The van der Waals surface area contributed by atoms with Crippen LogP contribution < -0.4 is 5.32 Å². The normalized spacial score (nSPS) is 49.2. The first-order chi connectivity index (χ1) is 5.64. The molecule has 0 aromatic heterocycles. The number of aliphatic hydroxyl groups is 1. The Kier molecular flexibility index (Phi) is 1.92. The van der Waals surface area contributed by atoms with Crippen molar-refractivity contribution in [1.82, 2.24) is 5.32 Å². The molecule has 1 saturated heterocycles. The van der Waals surface area contributed by atoms with Gasteiger partial charge >= 0.3 is 0 Å². The lowest BCUT2D eigenvalue weighted by molar-refractivity contribution is 0.0797. The number of nitrogens with one attached hydrogen (secondary N) is 1. The van der Waals surface area contributed by atoms with Gasteiger partial charge in [-0.25, -0.2) is 0 Å². The van der Waals surface area contributed by atoms with Gasteiger partial charge in [-0.3, -0.25) is 0 Å². The molecule has 70 valence electrons. The minimum atomic E-state index is -0.148. The number of hydrogen-bond acceptors (Lipinski definition) is 2. The minimum Gasteiger partial charge on any atom is -0.393 e. The predicted molar refractivity (Wildman–Crippen MR) is 48.9 cm³/mol. The summed E-state index contributed by atoms with van der Waals surface area (Å²) in [4.78, 5) is 0. The Morgan fingerprint density at radius 1 is 1.42 bits per heavy atom. The highest BCUT2D eigenvalue weighted by Gasteiger charge is 2.50. The smallest absolute Gasteiger partial charge is 0.0557 e. The van der Waals surface area contributed by atoms with Crippen molar-refractivity contribution < 1.29 is 5.11 Å². The molecule has 0 amide bonds.